The molecule has 2 atom stereocenters. The Morgan fingerprint density at radius 2 is 1.42 bits per heavy atom. The molecule has 3 saturated heterocycles. The molecule has 33 heavy (non-hydrogen) atoms. The number of hydrogen-bond donors (Lipinski definition) is 0. The van der Waals surface area contributed by atoms with Crippen LogP contribution in [-0.2, 0) is 14.4 Å². The number of hydrogen-bond acceptors (Lipinski definition) is 4. The summed E-state index contributed by atoms with van der Waals surface area (Å²) in [4.78, 5) is 42.3. The molecule has 3 amide bonds. The first kappa shape index (κ1) is 21.8. The van der Waals surface area contributed by atoms with Crippen molar-refractivity contribution < 1.29 is 14.4 Å². The quantitative estimate of drug-likeness (QED) is 0.647. The highest BCUT2D eigenvalue weighted by Gasteiger charge is 2.69. The van der Waals surface area contributed by atoms with Crippen LogP contribution >= 0.6 is 0 Å². The van der Waals surface area contributed by atoms with Crippen molar-refractivity contribution in [3.05, 3.63) is 64.2 Å². The molecule has 3 heterocycles. The van der Waals surface area contributed by atoms with Gasteiger partial charge in [0.1, 0.15) is 5.54 Å². The number of aryl methyl sites for hydroxylation is 4. The first-order valence-electron chi connectivity index (χ1n) is 11.6. The van der Waals surface area contributed by atoms with Gasteiger partial charge in [0, 0.05) is 18.4 Å². The van der Waals surface area contributed by atoms with E-state index in [1.807, 2.05) is 53.7 Å². The molecule has 3 aliphatic rings. The van der Waals surface area contributed by atoms with Gasteiger partial charge in [-0.15, -0.1) is 0 Å². The van der Waals surface area contributed by atoms with E-state index in [1.165, 1.54) is 4.90 Å². The second kappa shape index (κ2) is 7.00. The van der Waals surface area contributed by atoms with Gasteiger partial charge in [-0.1, -0.05) is 47.5 Å². The average Bonchev–Trinajstić information content (AvgIpc) is 3.27. The first-order chi connectivity index (χ1) is 15.5. The Hall–Kier alpha value is -2.99. The Balaban J connectivity index is 1.64. The van der Waals surface area contributed by atoms with E-state index in [4.69, 9.17) is 0 Å². The van der Waals surface area contributed by atoms with Crippen LogP contribution < -0.4 is 4.90 Å². The van der Waals surface area contributed by atoms with Crippen LogP contribution in [0.4, 0.5) is 5.69 Å². The van der Waals surface area contributed by atoms with Gasteiger partial charge in [0.05, 0.1) is 18.2 Å². The highest BCUT2D eigenvalue weighted by Crippen LogP contribution is 2.55. The molecule has 0 unspecified atom stereocenters. The topological polar surface area (TPSA) is 60.9 Å². The minimum absolute atomic E-state index is 0.0132. The van der Waals surface area contributed by atoms with E-state index in [2.05, 4.69) is 29.3 Å². The number of carbonyl (C=O) groups is 3. The summed E-state index contributed by atoms with van der Waals surface area (Å²) in [5.41, 5.74) is 4.13. The molecular formula is C27H31N3O3. The lowest BCUT2D eigenvalue weighted by molar-refractivity contribution is -0.154. The van der Waals surface area contributed by atoms with Crippen LogP contribution in [0.2, 0.25) is 0 Å². The molecule has 0 N–H and O–H groups in total. The number of rotatable bonds is 2. The maximum atomic E-state index is 14.1. The average molecular weight is 446 g/mol. The zero-order chi connectivity index (χ0) is 23.9. The second-order valence-corrected chi connectivity index (χ2v) is 10.7. The lowest BCUT2D eigenvalue weighted by atomic mass is 9.86. The summed E-state index contributed by atoms with van der Waals surface area (Å²) in [6.07, 6.45) is 0.747. The predicted octanol–water partition coefficient (Wildman–Crippen LogP) is 4.30. The lowest BCUT2D eigenvalue weighted by Gasteiger charge is -2.38. The van der Waals surface area contributed by atoms with Crippen LogP contribution in [0.5, 0.6) is 0 Å². The van der Waals surface area contributed by atoms with Crippen molar-refractivity contribution in [2.45, 2.75) is 77.9 Å². The smallest absolute Gasteiger partial charge is 0.261 e. The molecule has 2 aromatic carbocycles. The van der Waals surface area contributed by atoms with E-state index in [9.17, 15) is 14.4 Å². The number of fused-ring (bicyclic) bond motifs is 2. The summed E-state index contributed by atoms with van der Waals surface area (Å²) in [5.74, 6) is -0.611. The van der Waals surface area contributed by atoms with E-state index in [0.717, 1.165) is 27.8 Å². The molecule has 3 fully saturated rings. The number of amides is 3. The van der Waals surface area contributed by atoms with E-state index < -0.39 is 11.1 Å². The minimum Gasteiger partial charge on any atom is -0.274 e. The Kier molecular flexibility index (Phi) is 4.63. The Morgan fingerprint density at radius 1 is 0.818 bits per heavy atom. The Morgan fingerprint density at radius 3 is 2.03 bits per heavy atom. The van der Waals surface area contributed by atoms with Crippen molar-refractivity contribution in [3.8, 4) is 0 Å². The van der Waals surface area contributed by atoms with Crippen molar-refractivity contribution in [2.75, 3.05) is 4.90 Å². The minimum atomic E-state index is -1.18. The lowest BCUT2D eigenvalue weighted by Crippen LogP contribution is -2.55. The van der Waals surface area contributed by atoms with Crippen LogP contribution in [0, 0.1) is 27.7 Å². The molecule has 0 radical (unpaired) electrons. The Bertz CT molecular complexity index is 1180. The second-order valence-electron chi connectivity index (χ2n) is 10.7. The molecule has 0 aliphatic carbocycles. The van der Waals surface area contributed by atoms with E-state index in [0.29, 0.717) is 18.5 Å². The van der Waals surface area contributed by atoms with Crippen molar-refractivity contribution in [2.24, 2.45) is 0 Å². The van der Waals surface area contributed by atoms with Crippen molar-refractivity contribution >= 4 is 23.4 Å². The van der Waals surface area contributed by atoms with Crippen LogP contribution in [0.1, 0.15) is 67.0 Å². The van der Waals surface area contributed by atoms with Crippen molar-refractivity contribution in [1.82, 2.24) is 10.0 Å². The highest BCUT2D eigenvalue weighted by atomic mass is 16.2. The molecule has 172 valence electrons. The number of hydrazine groups is 1. The SMILES string of the molecule is Cc1ccc([C@@H]2C[C@]3(CC(=O)N(c4c(C)cc(C)cc4C)C3=O)N3C(=O)CC(C)(C)N23)cc1. The maximum Gasteiger partial charge on any atom is 0.261 e. The summed E-state index contributed by atoms with van der Waals surface area (Å²) in [7, 11) is 0. The van der Waals surface area contributed by atoms with Gasteiger partial charge in [0.2, 0.25) is 11.8 Å². The third-order valence-corrected chi connectivity index (χ3v) is 7.50. The highest BCUT2D eigenvalue weighted by molar-refractivity contribution is 6.26. The van der Waals surface area contributed by atoms with Crippen molar-refractivity contribution in [3.63, 3.8) is 0 Å². The van der Waals surface area contributed by atoms with Crippen LogP contribution in [0.15, 0.2) is 36.4 Å². The van der Waals surface area contributed by atoms with Crippen LogP contribution in [-0.4, -0.2) is 38.8 Å². The molecule has 6 nitrogen and oxygen atoms in total. The standard InChI is InChI=1S/C27H31N3O3/c1-16-7-9-20(10-8-16)21-13-27(30-23(32)14-26(5,6)29(21)30)15-22(31)28(25(27)33)24-18(3)11-17(2)12-19(24)4/h7-12,21H,13-15H2,1-6H3/t21-,27+/m0/s1. The summed E-state index contributed by atoms with van der Waals surface area (Å²) in [6, 6.07) is 12.1. The fourth-order valence-electron chi connectivity index (χ4n) is 6.27. The Labute approximate surface area is 195 Å². The van der Waals surface area contributed by atoms with Gasteiger partial charge in [-0.05, 0) is 58.2 Å². The summed E-state index contributed by atoms with van der Waals surface area (Å²) in [6.45, 7) is 12.0. The van der Waals surface area contributed by atoms with Gasteiger partial charge >= 0.3 is 0 Å². The van der Waals surface area contributed by atoms with E-state index in [1.54, 1.807) is 5.01 Å². The van der Waals surface area contributed by atoms with Gasteiger partial charge in [-0.3, -0.25) is 19.4 Å². The summed E-state index contributed by atoms with van der Waals surface area (Å²) in [5, 5.41) is 3.72. The van der Waals surface area contributed by atoms with Crippen LogP contribution in [0.3, 0.4) is 0 Å². The summed E-state index contributed by atoms with van der Waals surface area (Å²) < 4.78 is 0. The molecule has 1 spiro atoms. The molecule has 5 rings (SSSR count). The first-order valence-corrected chi connectivity index (χ1v) is 11.6. The third kappa shape index (κ3) is 3.00. The molecule has 6 heteroatoms. The largest absolute Gasteiger partial charge is 0.274 e. The fraction of sp³-hybridized carbons (Fsp3) is 0.444. The van der Waals surface area contributed by atoms with E-state index in [-0.39, 0.29) is 30.2 Å². The molecule has 0 bridgehead atoms. The molecular weight excluding hydrogens is 414 g/mol. The maximum absolute atomic E-state index is 14.1. The molecule has 3 aliphatic heterocycles. The number of nitrogens with zero attached hydrogens (tertiary/aromatic N) is 3. The van der Waals surface area contributed by atoms with Gasteiger partial charge in [-0.25, -0.2) is 9.91 Å². The molecule has 0 aromatic heterocycles. The molecule has 0 saturated carbocycles. The van der Waals surface area contributed by atoms with Gasteiger partial charge < -0.3 is 0 Å². The van der Waals surface area contributed by atoms with E-state index >= 15 is 0 Å². The fourth-order valence-corrected chi connectivity index (χ4v) is 6.27. The van der Waals surface area contributed by atoms with Gasteiger partial charge in [-0.2, -0.15) is 0 Å². The zero-order valence-electron chi connectivity index (χ0n) is 20.2. The van der Waals surface area contributed by atoms with Gasteiger partial charge in [0.25, 0.3) is 5.91 Å². The predicted molar refractivity (Wildman–Crippen MR) is 126 cm³/mol. The zero-order valence-corrected chi connectivity index (χ0v) is 20.2. The van der Waals surface area contributed by atoms with Gasteiger partial charge in [0.15, 0.2) is 0 Å². The number of carbonyl (C=O) groups excluding carboxylic acids is 3. The van der Waals surface area contributed by atoms with Crippen LogP contribution in [0.25, 0.3) is 0 Å². The molecule has 2 aromatic rings. The normalized spacial score (nSPS) is 26.7. The summed E-state index contributed by atoms with van der Waals surface area (Å²) >= 11 is 0. The number of anilines is 1. The van der Waals surface area contributed by atoms with Crippen molar-refractivity contribution in [1.29, 1.82) is 0 Å². The number of imide groups is 1. The number of benzene rings is 2. The third-order valence-electron chi connectivity index (χ3n) is 7.50. The monoisotopic (exact) mass is 445 g/mol.